The Hall–Kier alpha value is -0.830. The van der Waals surface area contributed by atoms with Gasteiger partial charge in [0.15, 0.2) is 0 Å². The van der Waals surface area contributed by atoms with Gasteiger partial charge in [-0.1, -0.05) is 0 Å². The highest BCUT2D eigenvalue weighted by Crippen LogP contribution is 2.19. The van der Waals surface area contributed by atoms with Gasteiger partial charge in [-0.05, 0) is 25.8 Å². The first kappa shape index (κ1) is 7.80. The Labute approximate surface area is 72.3 Å². The van der Waals surface area contributed by atoms with E-state index in [4.69, 9.17) is 4.74 Å². The summed E-state index contributed by atoms with van der Waals surface area (Å²) in [6.07, 6.45) is 6.95. The molecule has 0 N–H and O–H groups in total. The zero-order valence-electron chi connectivity index (χ0n) is 7.31. The highest BCUT2D eigenvalue weighted by Gasteiger charge is 2.21. The van der Waals surface area contributed by atoms with Gasteiger partial charge in [-0.25, -0.2) is 0 Å². The molecule has 12 heavy (non-hydrogen) atoms. The van der Waals surface area contributed by atoms with Gasteiger partial charge < -0.3 is 4.74 Å². The number of ether oxygens (including phenoxy) is 1. The SMILES string of the molecule is CC1CCC(Cn2cccn2)O1. The number of nitrogens with zero attached hydrogens (tertiary/aromatic N) is 2. The number of hydrogen-bond donors (Lipinski definition) is 0. The minimum Gasteiger partial charge on any atom is -0.373 e. The van der Waals surface area contributed by atoms with E-state index in [2.05, 4.69) is 12.0 Å². The van der Waals surface area contributed by atoms with Crippen LogP contribution in [0.15, 0.2) is 18.5 Å². The van der Waals surface area contributed by atoms with E-state index in [1.165, 1.54) is 12.8 Å². The van der Waals surface area contributed by atoms with E-state index in [-0.39, 0.29) is 0 Å². The lowest BCUT2D eigenvalue weighted by molar-refractivity contribution is 0.0437. The first-order valence-electron chi connectivity index (χ1n) is 4.47. The van der Waals surface area contributed by atoms with Gasteiger partial charge in [0.05, 0.1) is 18.8 Å². The average molecular weight is 166 g/mol. The van der Waals surface area contributed by atoms with Crippen molar-refractivity contribution in [2.75, 3.05) is 0 Å². The van der Waals surface area contributed by atoms with Crippen LogP contribution in [0.5, 0.6) is 0 Å². The minimum absolute atomic E-state index is 0.375. The first-order chi connectivity index (χ1) is 5.84. The highest BCUT2D eigenvalue weighted by molar-refractivity contribution is 4.80. The molecule has 1 saturated heterocycles. The third kappa shape index (κ3) is 1.67. The van der Waals surface area contributed by atoms with Gasteiger partial charge in [0.2, 0.25) is 0 Å². The summed E-state index contributed by atoms with van der Waals surface area (Å²) in [5.74, 6) is 0. The molecule has 0 saturated carbocycles. The Morgan fingerprint density at radius 1 is 1.58 bits per heavy atom. The topological polar surface area (TPSA) is 27.1 Å². The van der Waals surface area contributed by atoms with Gasteiger partial charge >= 0.3 is 0 Å². The summed E-state index contributed by atoms with van der Waals surface area (Å²) < 4.78 is 7.61. The van der Waals surface area contributed by atoms with E-state index in [1.807, 2.05) is 16.9 Å². The van der Waals surface area contributed by atoms with E-state index in [9.17, 15) is 0 Å². The fourth-order valence-electron chi connectivity index (χ4n) is 1.64. The van der Waals surface area contributed by atoms with Gasteiger partial charge in [-0.2, -0.15) is 5.10 Å². The third-order valence-corrected chi connectivity index (χ3v) is 2.27. The lowest BCUT2D eigenvalue weighted by atomic mass is 10.2. The molecule has 2 rings (SSSR count). The molecule has 1 aliphatic rings. The van der Waals surface area contributed by atoms with Crippen molar-refractivity contribution in [3.63, 3.8) is 0 Å². The summed E-state index contributed by atoms with van der Waals surface area (Å²) in [7, 11) is 0. The van der Waals surface area contributed by atoms with Crippen LogP contribution in [-0.2, 0) is 11.3 Å². The molecule has 0 bridgehead atoms. The molecule has 1 aromatic heterocycles. The van der Waals surface area contributed by atoms with Crippen molar-refractivity contribution >= 4 is 0 Å². The van der Waals surface area contributed by atoms with Gasteiger partial charge in [0.1, 0.15) is 0 Å². The van der Waals surface area contributed by atoms with Crippen LogP contribution in [0.4, 0.5) is 0 Å². The molecular formula is C9H14N2O. The third-order valence-electron chi connectivity index (χ3n) is 2.27. The molecule has 1 aromatic rings. The average Bonchev–Trinajstić information content (AvgIpc) is 2.63. The summed E-state index contributed by atoms with van der Waals surface area (Å²) in [5.41, 5.74) is 0. The molecule has 0 radical (unpaired) electrons. The van der Waals surface area contributed by atoms with Crippen molar-refractivity contribution in [2.45, 2.75) is 38.5 Å². The lowest BCUT2D eigenvalue weighted by Crippen LogP contribution is -2.16. The Kier molecular flexibility index (Phi) is 2.13. The smallest absolute Gasteiger partial charge is 0.0775 e. The zero-order valence-corrected chi connectivity index (χ0v) is 7.31. The van der Waals surface area contributed by atoms with E-state index in [1.54, 1.807) is 6.20 Å². The molecule has 1 fully saturated rings. The summed E-state index contributed by atoms with van der Waals surface area (Å²) >= 11 is 0. The van der Waals surface area contributed by atoms with Crippen LogP contribution in [0.25, 0.3) is 0 Å². The van der Waals surface area contributed by atoms with Gasteiger partial charge in [-0.15, -0.1) is 0 Å². The molecule has 66 valence electrons. The molecule has 2 unspecified atom stereocenters. The zero-order chi connectivity index (χ0) is 8.39. The van der Waals surface area contributed by atoms with E-state index in [0.717, 1.165) is 6.54 Å². The molecule has 3 heteroatoms. The fraction of sp³-hybridized carbons (Fsp3) is 0.667. The molecule has 3 nitrogen and oxygen atoms in total. The molecule has 0 aliphatic carbocycles. The maximum atomic E-state index is 5.67. The Balaban J connectivity index is 1.88. The van der Waals surface area contributed by atoms with Gasteiger partial charge in [0, 0.05) is 12.4 Å². The second-order valence-corrected chi connectivity index (χ2v) is 3.37. The van der Waals surface area contributed by atoms with E-state index >= 15 is 0 Å². The van der Waals surface area contributed by atoms with Crippen LogP contribution in [0.1, 0.15) is 19.8 Å². The van der Waals surface area contributed by atoms with Crippen molar-refractivity contribution in [3.8, 4) is 0 Å². The Morgan fingerprint density at radius 2 is 2.50 bits per heavy atom. The van der Waals surface area contributed by atoms with Gasteiger partial charge in [0.25, 0.3) is 0 Å². The van der Waals surface area contributed by atoms with Crippen LogP contribution in [0, 0.1) is 0 Å². The van der Waals surface area contributed by atoms with Gasteiger partial charge in [-0.3, -0.25) is 4.68 Å². The molecule has 0 amide bonds. The molecule has 1 aliphatic heterocycles. The molecule has 0 aromatic carbocycles. The largest absolute Gasteiger partial charge is 0.373 e. The summed E-state index contributed by atoms with van der Waals surface area (Å²) in [6, 6.07) is 1.94. The number of aromatic nitrogens is 2. The summed E-state index contributed by atoms with van der Waals surface area (Å²) in [5, 5.41) is 4.14. The number of hydrogen-bond acceptors (Lipinski definition) is 2. The molecule has 2 atom stereocenters. The normalized spacial score (nSPS) is 29.4. The van der Waals surface area contributed by atoms with Crippen LogP contribution >= 0.6 is 0 Å². The van der Waals surface area contributed by atoms with Crippen LogP contribution in [0.2, 0.25) is 0 Å². The number of rotatable bonds is 2. The quantitative estimate of drug-likeness (QED) is 0.665. The minimum atomic E-state index is 0.375. The van der Waals surface area contributed by atoms with Crippen molar-refractivity contribution in [1.29, 1.82) is 0 Å². The Morgan fingerprint density at radius 3 is 3.08 bits per heavy atom. The predicted octanol–water partition coefficient (Wildman–Crippen LogP) is 1.45. The predicted molar refractivity (Wildman–Crippen MR) is 45.8 cm³/mol. The fourth-order valence-corrected chi connectivity index (χ4v) is 1.64. The van der Waals surface area contributed by atoms with Crippen molar-refractivity contribution in [2.24, 2.45) is 0 Å². The lowest BCUT2D eigenvalue weighted by Gasteiger charge is -2.10. The molecule has 2 heterocycles. The van der Waals surface area contributed by atoms with Crippen LogP contribution in [0.3, 0.4) is 0 Å². The maximum absolute atomic E-state index is 5.67. The van der Waals surface area contributed by atoms with Crippen molar-refractivity contribution < 1.29 is 4.74 Å². The molecule has 0 spiro atoms. The standard InChI is InChI=1S/C9H14N2O/c1-8-3-4-9(12-8)7-11-6-2-5-10-11/h2,5-6,8-9H,3-4,7H2,1H3. The van der Waals surface area contributed by atoms with Crippen LogP contribution < -0.4 is 0 Å². The van der Waals surface area contributed by atoms with E-state index < -0.39 is 0 Å². The second-order valence-electron chi connectivity index (χ2n) is 3.37. The first-order valence-corrected chi connectivity index (χ1v) is 4.47. The molecular weight excluding hydrogens is 152 g/mol. The Bertz CT molecular complexity index is 233. The summed E-state index contributed by atoms with van der Waals surface area (Å²) in [6.45, 7) is 3.03. The second kappa shape index (κ2) is 3.27. The van der Waals surface area contributed by atoms with Crippen molar-refractivity contribution in [1.82, 2.24) is 9.78 Å². The maximum Gasteiger partial charge on any atom is 0.0775 e. The summed E-state index contributed by atoms with van der Waals surface area (Å²) in [4.78, 5) is 0. The van der Waals surface area contributed by atoms with Crippen molar-refractivity contribution in [3.05, 3.63) is 18.5 Å². The monoisotopic (exact) mass is 166 g/mol. The van der Waals surface area contributed by atoms with E-state index in [0.29, 0.717) is 12.2 Å². The highest BCUT2D eigenvalue weighted by atomic mass is 16.5. The van der Waals surface area contributed by atoms with Crippen LogP contribution in [-0.4, -0.2) is 22.0 Å².